The molecule has 1 unspecified atom stereocenters. The molecule has 2 fully saturated rings. The van der Waals surface area contributed by atoms with E-state index >= 15 is 0 Å². The van der Waals surface area contributed by atoms with Gasteiger partial charge in [0.2, 0.25) is 5.91 Å². The third-order valence-electron chi connectivity index (χ3n) is 5.04. The van der Waals surface area contributed by atoms with Crippen molar-refractivity contribution in [2.75, 3.05) is 17.2 Å². The molecule has 0 N–H and O–H groups in total. The quantitative estimate of drug-likeness (QED) is 0.549. The minimum Gasteiger partial charge on any atom is -0.330 e. The first-order valence-electron chi connectivity index (χ1n) is 9.62. The molecule has 1 aliphatic heterocycles. The summed E-state index contributed by atoms with van der Waals surface area (Å²) >= 11 is 5.29. The van der Waals surface area contributed by atoms with Crippen molar-refractivity contribution >= 4 is 56.9 Å². The van der Waals surface area contributed by atoms with Gasteiger partial charge in [0, 0.05) is 29.4 Å². The highest BCUT2D eigenvalue weighted by Gasteiger charge is 2.36. The highest BCUT2D eigenvalue weighted by atomic mass is 79.9. The van der Waals surface area contributed by atoms with Crippen LogP contribution < -0.4 is 4.90 Å². The topological polar surface area (TPSA) is 35.9 Å². The molecule has 1 aromatic carbocycles. The summed E-state index contributed by atoms with van der Waals surface area (Å²) in [6.07, 6.45) is 7.43. The number of benzene rings is 1. The summed E-state index contributed by atoms with van der Waals surface area (Å²) in [5.41, 5.74) is 0.950. The molecular formula is C20H29BrClN3OS. The Morgan fingerprint density at radius 3 is 2.52 bits per heavy atom. The van der Waals surface area contributed by atoms with Crippen LogP contribution in [0.2, 0.25) is 0 Å². The predicted octanol–water partition coefficient (Wildman–Crippen LogP) is 5.70. The normalized spacial score (nSPS) is 22.0. The number of carbonyl (C=O) groups excluding carboxylic acids is 1. The number of amides is 1. The summed E-state index contributed by atoms with van der Waals surface area (Å²) in [7, 11) is 0. The van der Waals surface area contributed by atoms with E-state index in [9.17, 15) is 4.79 Å². The molecule has 2 aliphatic rings. The lowest BCUT2D eigenvalue weighted by Crippen LogP contribution is -2.50. The summed E-state index contributed by atoms with van der Waals surface area (Å²) in [4.78, 5) is 21.9. The number of halogens is 2. The largest absolute Gasteiger partial charge is 0.330 e. The zero-order valence-electron chi connectivity index (χ0n) is 16.1. The van der Waals surface area contributed by atoms with Crippen molar-refractivity contribution in [3.05, 3.63) is 28.7 Å². The van der Waals surface area contributed by atoms with Crippen LogP contribution in [0.4, 0.5) is 5.69 Å². The Hall–Kier alpha value is -0.720. The highest BCUT2D eigenvalue weighted by molar-refractivity contribution is 9.10. The van der Waals surface area contributed by atoms with Crippen LogP contribution in [0.15, 0.2) is 33.7 Å². The minimum atomic E-state index is 0. The van der Waals surface area contributed by atoms with Crippen molar-refractivity contribution < 1.29 is 4.79 Å². The Bertz CT molecular complexity index is 649. The maximum absolute atomic E-state index is 12.5. The van der Waals surface area contributed by atoms with Gasteiger partial charge in [0.15, 0.2) is 5.17 Å². The van der Waals surface area contributed by atoms with Gasteiger partial charge < -0.3 is 4.90 Å². The summed E-state index contributed by atoms with van der Waals surface area (Å²) in [6.45, 7) is 4.78. The smallest absolute Gasteiger partial charge is 0.225 e. The maximum atomic E-state index is 12.5. The van der Waals surface area contributed by atoms with E-state index in [2.05, 4.69) is 27.8 Å². The number of hydrogen-bond donors (Lipinski definition) is 0. The van der Waals surface area contributed by atoms with Gasteiger partial charge in [-0.25, -0.2) is 0 Å². The van der Waals surface area contributed by atoms with E-state index in [1.54, 1.807) is 6.92 Å². The summed E-state index contributed by atoms with van der Waals surface area (Å²) < 4.78 is 1.02. The van der Waals surface area contributed by atoms with Gasteiger partial charge >= 0.3 is 0 Å². The molecular weight excluding hydrogens is 446 g/mol. The number of anilines is 1. The number of amidine groups is 1. The first-order chi connectivity index (χ1) is 12.6. The van der Waals surface area contributed by atoms with Gasteiger partial charge in [-0.3, -0.25) is 14.7 Å². The molecule has 0 spiro atoms. The molecule has 4 nitrogen and oxygen atoms in total. The van der Waals surface area contributed by atoms with Gasteiger partial charge in [0.25, 0.3) is 0 Å². The number of carbonyl (C=O) groups is 1. The third kappa shape index (κ3) is 5.64. The lowest BCUT2D eigenvalue weighted by Gasteiger charge is -2.35. The molecule has 0 bridgehead atoms. The average molecular weight is 475 g/mol. The SMILES string of the molecule is CCCN1C(=NC2CCCCC2)SCC1N(C(C)=O)c1ccc(Br)cc1.Cl. The van der Waals surface area contributed by atoms with E-state index in [0.717, 1.165) is 34.0 Å². The average Bonchev–Trinajstić information content (AvgIpc) is 3.00. The van der Waals surface area contributed by atoms with Gasteiger partial charge in [-0.15, -0.1) is 12.4 Å². The summed E-state index contributed by atoms with van der Waals surface area (Å²) in [5.74, 6) is 0.958. The Balaban J connectivity index is 0.00000261. The molecule has 1 aromatic rings. The molecule has 1 amide bonds. The fraction of sp³-hybridized carbons (Fsp3) is 0.600. The Kier molecular flexibility index (Phi) is 8.96. The van der Waals surface area contributed by atoms with Crippen LogP contribution in [-0.2, 0) is 4.79 Å². The third-order valence-corrected chi connectivity index (χ3v) is 6.63. The fourth-order valence-corrected chi connectivity index (χ4v) is 5.29. The molecule has 1 heterocycles. The first-order valence-corrected chi connectivity index (χ1v) is 11.4. The van der Waals surface area contributed by atoms with Crippen LogP contribution in [0.5, 0.6) is 0 Å². The maximum Gasteiger partial charge on any atom is 0.225 e. The van der Waals surface area contributed by atoms with E-state index in [-0.39, 0.29) is 24.5 Å². The Morgan fingerprint density at radius 2 is 1.93 bits per heavy atom. The van der Waals surface area contributed by atoms with Crippen LogP contribution in [-0.4, -0.2) is 40.5 Å². The van der Waals surface area contributed by atoms with Crippen molar-refractivity contribution in [3.8, 4) is 0 Å². The van der Waals surface area contributed by atoms with Crippen molar-refractivity contribution in [2.24, 2.45) is 4.99 Å². The second-order valence-electron chi connectivity index (χ2n) is 7.05. The number of rotatable bonds is 5. The second-order valence-corrected chi connectivity index (χ2v) is 8.96. The molecule has 1 aliphatic carbocycles. The van der Waals surface area contributed by atoms with Gasteiger partial charge in [-0.05, 0) is 43.5 Å². The number of aliphatic imine (C=N–C) groups is 1. The molecule has 0 aromatic heterocycles. The number of hydrogen-bond acceptors (Lipinski definition) is 3. The Labute approximate surface area is 181 Å². The van der Waals surface area contributed by atoms with Crippen molar-refractivity contribution in [1.29, 1.82) is 0 Å². The molecule has 1 saturated carbocycles. The molecule has 1 atom stereocenters. The van der Waals surface area contributed by atoms with Gasteiger partial charge in [0.1, 0.15) is 6.17 Å². The zero-order chi connectivity index (χ0) is 18.5. The van der Waals surface area contributed by atoms with Crippen LogP contribution in [0, 0.1) is 0 Å². The molecule has 1 saturated heterocycles. The zero-order valence-corrected chi connectivity index (χ0v) is 19.3. The lowest BCUT2D eigenvalue weighted by atomic mass is 9.96. The monoisotopic (exact) mass is 473 g/mol. The fourth-order valence-electron chi connectivity index (χ4n) is 3.79. The van der Waals surface area contributed by atoms with Crippen LogP contribution in [0.1, 0.15) is 52.4 Å². The molecule has 0 radical (unpaired) electrons. The molecule has 3 rings (SSSR count). The first kappa shape index (κ1) is 22.6. The predicted molar refractivity (Wildman–Crippen MR) is 122 cm³/mol. The highest BCUT2D eigenvalue weighted by Crippen LogP contribution is 2.32. The van der Waals surface area contributed by atoms with E-state index in [1.165, 1.54) is 32.1 Å². The lowest BCUT2D eigenvalue weighted by molar-refractivity contribution is -0.117. The van der Waals surface area contributed by atoms with Crippen LogP contribution in [0.25, 0.3) is 0 Å². The minimum absolute atomic E-state index is 0. The number of thioether (sulfide) groups is 1. The van der Waals surface area contributed by atoms with Crippen LogP contribution >= 0.6 is 40.1 Å². The van der Waals surface area contributed by atoms with Gasteiger partial charge in [0.05, 0.1) is 6.04 Å². The molecule has 27 heavy (non-hydrogen) atoms. The summed E-state index contributed by atoms with van der Waals surface area (Å²) in [5, 5.41) is 1.13. The van der Waals surface area contributed by atoms with Gasteiger partial charge in [-0.1, -0.05) is 53.9 Å². The standard InChI is InChI=1S/C20H28BrN3OS.ClH/c1-3-13-23-19(14-26-20(23)22-17-7-5-4-6-8-17)24(15(2)25)18-11-9-16(21)10-12-18;/h9-12,17,19H,3-8,13-14H2,1-2H3;1H. The van der Waals surface area contributed by atoms with Gasteiger partial charge in [-0.2, -0.15) is 0 Å². The van der Waals surface area contributed by atoms with Crippen molar-refractivity contribution in [1.82, 2.24) is 4.90 Å². The molecule has 150 valence electrons. The van der Waals surface area contributed by atoms with E-state index < -0.39 is 0 Å². The van der Waals surface area contributed by atoms with Crippen molar-refractivity contribution in [2.45, 2.75) is 64.6 Å². The van der Waals surface area contributed by atoms with E-state index in [1.807, 2.05) is 40.9 Å². The van der Waals surface area contributed by atoms with Crippen LogP contribution in [0.3, 0.4) is 0 Å². The number of nitrogens with zero attached hydrogens (tertiary/aromatic N) is 3. The Morgan fingerprint density at radius 1 is 1.26 bits per heavy atom. The molecule has 7 heteroatoms. The van der Waals surface area contributed by atoms with E-state index in [4.69, 9.17) is 4.99 Å². The summed E-state index contributed by atoms with van der Waals surface area (Å²) in [6, 6.07) is 8.47. The van der Waals surface area contributed by atoms with E-state index in [0.29, 0.717) is 6.04 Å². The second kappa shape index (κ2) is 10.7. The van der Waals surface area contributed by atoms with Crippen molar-refractivity contribution in [3.63, 3.8) is 0 Å².